The number of nitrogens with one attached hydrogen (secondary N) is 1. The summed E-state index contributed by atoms with van der Waals surface area (Å²) >= 11 is 1.57. The van der Waals surface area contributed by atoms with E-state index in [0.29, 0.717) is 5.95 Å². The molecule has 0 aliphatic heterocycles. The topological polar surface area (TPSA) is 67.1 Å². The normalized spacial score (nSPS) is 12.3. The van der Waals surface area contributed by atoms with Gasteiger partial charge in [-0.2, -0.15) is 4.98 Å². The predicted octanol–water partition coefficient (Wildman–Crippen LogP) is 2.03. The van der Waals surface area contributed by atoms with Crippen molar-refractivity contribution in [2.45, 2.75) is 19.4 Å². The molecule has 3 N–H and O–H groups in total. The van der Waals surface area contributed by atoms with Gasteiger partial charge >= 0.3 is 0 Å². The fraction of sp³-hybridized carbons (Fsp3) is 0.500. The smallest absolute Gasteiger partial charge is 0.223 e. The molecule has 2 rings (SSSR count). The molecular weight excluding hydrogens is 246 g/mol. The second-order valence-corrected chi connectivity index (χ2v) is 6.02. The van der Waals surface area contributed by atoms with Crippen molar-refractivity contribution in [1.29, 1.82) is 0 Å². The lowest BCUT2D eigenvalue weighted by Crippen LogP contribution is -2.44. The fourth-order valence-electron chi connectivity index (χ4n) is 1.46. The SMILES string of the molecule is CN(C)C(C)(C)CNc1nc(N)nc2sccc12. The summed E-state index contributed by atoms with van der Waals surface area (Å²) in [4.78, 5) is 11.6. The van der Waals surface area contributed by atoms with Gasteiger partial charge in [-0.1, -0.05) is 0 Å². The van der Waals surface area contributed by atoms with E-state index in [1.54, 1.807) is 11.3 Å². The van der Waals surface area contributed by atoms with E-state index in [1.807, 2.05) is 11.4 Å². The summed E-state index contributed by atoms with van der Waals surface area (Å²) in [6.45, 7) is 5.14. The zero-order valence-electron chi connectivity index (χ0n) is 11.2. The maximum Gasteiger partial charge on any atom is 0.223 e. The molecule has 98 valence electrons. The van der Waals surface area contributed by atoms with Crippen molar-refractivity contribution in [3.05, 3.63) is 11.4 Å². The van der Waals surface area contributed by atoms with Crippen molar-refractivity contribution in [2.24, 2.45) is 0 Å². The third kappa shape index (κ3) is 2.54. The number of rotatable bonds is 4. The zero-order chi connectivity index (χ0) is 13.3. The number of hydrogen-bond acceptors (Lipinski definition) is 6. The Hall–Kier alpha value is -1.40. The summed E-state index contributed by atoms with van der Waals surface area (Å²) in [5.74, 6) is 1.13. The van der Waals surface area contributed by atoms with E-state index >= 15 is 0 Å². The van der Waals surface area contributed by atoms with E-state index in [0.717, 1.165) is 22.6 Å². The second-order valence-electron chi connectivity index (χ2n) is 5.13. The van der Waals surface area contributed by atoms with Crippen LogP contribution in [0.15, 0.2) is 11.4 Å². The first-order valence-electron chi connectivity index (χ1n) is 5.82. The average Bonchev–Trinajstić information content (AvgIpc) is 2.73. The molecule has 0 aliphatic carbocycles. The quantitative estimate of drug-likeness (QED) is 0.885. The number of nitrogens with two attached hydrogens (primary N) is 1. The number of nitrogens with zero attached hydrogens (tertiary/aromatic N) is 3. The summed E-state index contributed by atoms with van der Waals surface area (Å²) in [6, 6.07) is 2.02. The van der Waals surface area contributed by atoms with Crippen LogP contribution in [0.2, 0.25) is 0 Å². The van der Waals surface area contributed by atoms with Crippen LogP contribution in [0.4, 0.5) is 11.8 Å². The van der Waals surface area contributed by atoms with Gasteiger partial charge in [0.15, 0.2) is 0 Å². The van der Waals surface area contributed by atoms with Gasteiger partial charge in [0.1, 0.15) is 10.6 Å². The minimum absolute atomic E-state index is 0.0437. The van der Waals surface area contributed by atoms with E-state index in [2.05, 4.69) is 48.1 Å². The Kier molecular flexibility index (Phi) is 3.41. The van der Waals surface area contributed by atoms with Crippen LogP contribution in [0.3, 0.4) is 0 Å². The van der Waals surface area contributed by atoms with Crippen molar-refractivity contribution in [3.8, 4) is 0 Å². The first-order chi connectivity index (χ1) is 8.40. The van der Waals surface area contributed by atoms with Crippen LogP contribution in [0.5, 0.6) is 0 Å². The van der Waals surface area contributed by atoms with Crippen LogP contribution in [0.1, 0.15) is 13.8 Å². The van der Waals surface area contributed by atoms with Crippen LogP contribution >= 0.6 is 11.3 Å². The predicted molar refractivity (Wildman–Crippen MR) is 78.1 cm³/mol. The Bertz CT molecular complexity index is 546. The maximum atomic E-state index is 5.72. The molecule has 0 radical (unpaired) electrons. The van der Waals surface area contributed by atoms with Gasteiger partial charge in [-0.05, 0) is 39.4 Å². The number of aromatic nitrogens is 2. The third-order valence-electron chi connectivity index (χ3n) is 3.24. The van der Waals surface area contributed by atoms with E-state index in [-0.39, 0.29) is 5.54 Å². The molecule has 0 amide bonds. The molecule has 0 saturated heterocycles. The molecule has 0 atom stereocenters. The first-order valence-corrected chi connectivity index (χ1v) is 6.70. The lowest BCUT2D eigenvalue weighted by Gasteiger charge is -2.32. The minimum Gasteiger partial charge on any atom is -0.368 e. The number of thiophene rings is 1. The Morgan fingerprint density at radius 1 is 1.39 bits per heavy atom. The standard InChI is InChI=1S/C12H19N5S/c1-12(2,17(3)4)7-14-9-8-5-6-18-10(8)16-11(13)15-9/h5-6H,7H2,1-4H3,(H3,13,14,15,16). The minimum atomic E-state index is 0.0437. The van der Waals surface area contributed by atoms with Crippen molar-refractivity contribution >= 4 is 33.3 Å². The molecule has 0 fully saturated rings. The molecule has 0 aromatic carbocycles. The molecule has 6 heteroatoms. The Morgan fingerprint density at radius 2 is 2.11 bits per heavy atom. The highest BCUT2D eigenvalue weighted by Crippen LogP contribution is 2.26. The first kappa shape index (κ1) is 13.0. The lowest BCUT2D eigenvalue weighted by atomic mass is 10.0. The molecule has 0 spiro atoms. The van der Waals surface area contributed by atoms with Gasteiger partial charge in [-0.15, -0.1) is 11.3 Å². The lowest BCUT2D eigenvalue weighted by molar-refractivity contribution is 0.210. The van der Waals surface area contributed by atoms with Crippen LogP contribution in [-0.4, -0.2) is 41.0 Å². The highest BCUT2D eigenvalue weighted by Gasteiger charge is 2.20. The largest absolute Gasteiger partial charge is 0.368 e. The summed E-state index contributed by atoms with van der Waals surface area (Å²) in [7, 11) is 4.13. The van der Waals surface area contributed by atoms with Crippen LogP contribution in [0.25, 0.3) is 10.2 Å². The van der Waals surface area contributed by atoms with E-state index in [9.17, 15) is 0 Å². The van der Waals surface area contributed by atoms with Crippen molar-refractivity contribution in [2.75, 3.05) is 31.7 Å². The van der Waals surface area contributed by atoms with Gasteiger partial charge in [0.2, 0.25) is 5.95 Å². The Labute approximate surface area is 111 Å². The van der Waals surface area contributed by atoms with Crippen molar-refractivity contribution in [3.63, 3.8) is 0 Å². The average molecular weight is 265 g/mol. The zero-order valence-corrected chi connectivity index (χ0v) is 12.0. The van der Waals surface area contributed by atoms with E-state index in [4.69, 9.17) is 5.73 Å². The Balaban J connectivity index is 2.24. The van der Waals surface area contributed by atoms with Crippen LogP contribution in [-0.2, 0) is 0 Å². The molecule has 2 heterocycles. The number of nitrogen functional groups attached to an aromatic ring is 1. The van der Waals surface area contributed by atoms with Gasteiger partial charge in [0.05, 0.1) is 5.39 Å². The highest BCUT2D eigenvalue weighted by atomic mass is 32.1. The molecule has 2 aromatic heterocycles. The summed E-state index contributed by atoms with van der Waals surface area (Å²) in [6.07, 6.45) is 0. The maximum absolute atomic E-state index is 5.72. The fourth-order valence-corrected chi connectivity index (χ4v) is 2.24. The number of anilines is 2. The summed E-state index contributed by atoms with van der Waals surface area (Å²) in [5.41, 5.74) is 5.76. The Morgan fingerprint density at radius 3 is 2.78 bits per heavy atom. The molecule has 0 aliphatic rings. The van der Waals surface area contributed by atoms with Gasteiger partial charge in [-0.25, -0.2) is 4.98 Å². The van der Waals surface area contributed by atoms with Crippen LogP contribution < -0.4 is 11.1 Å². The summed E-state index contributed by atoms with van der Waals surface area (Å²) < 4.78 is 0. The van der Waals surface area contributed by atoms with Crippen molar-refractivity contribution in [1.82, 2.24) is 14.9 Å². The summed E-state index contributed by atoms with van der Waals surface area (Å²) in [5, 5.41) is 6.40. The van der Waals surface area contributed by atoms with Gasteiger partial charge in [-0.3, -0.25) is 0 Å². The molecule has 0 bridgehead atoms. The molecule has 0 unspecified atom stereocenters. The monoisotopic (exact) mass is 265 g/mol. The van der Waals surface area contributed by atoms with E-state index in [1.165, 1.54) is 0 Å². The van der Waals surface area contributed by atoms with Crippen LogP contribution in [0, 0.1) is 0 Å². The third-order valence-corrected chi connectivity index (χ3v) is 4.05. The number of fused-ring (bicyclic) bond motifs is 1. The van der Waals surface area contributed by atoms with Gasteiger partial charge < -0.3 is 16.0 Å². The molecule has 0 saturated carbocycles. The number of hydrogen-bond donors (Lipinski definition) is 2. The molecule has 2 aromatic rings. The van der Waals surface area contributed by atoms with Gasteiger partial charge in [0.25, 0.3) is 0 Å². The van der Waals surface area contributed by atoms with E-state index < -0.39 is 0 Å². The van der Waals surface area contributed by atoms with Gasteiger partial charge in [0, 0.05) is 12.1 Å². The molecular formula is C12H19N5S. The second kappa shape index (κ2) is 4.70. The highest BCUT2D eigenvalue weighted by molar-refractivity contribution is 7.16. The van der Waals surface area contributed by atoms with Crippen molar-refractivity contribution < 1.29 is 0 Å². The number of likely N-dealkylation sites (N-methyl/N-ethyl adjacent to an activating group) is 1. The molecule has 18 heavy (non-hydrogen) atoms. The molecule has 5 nitrogen and oxygen atoms in total.